The van der Waals surface area contributed by atoms with Crippen LogP contribution in [0.1, 0.15) is 38.3 Å². The standard InChI is InChI=1S/C16H21N3O3/c1-10(2)15-8-18-16(22-15)9-17-13-7-12(19-11(3)20)5-6-14(13)21-4/h5-8,10,17H,9H2,1-4H3,(H,19,20). The van der Waals surface area contributed by atoms with Crippen molar-refractivity contribution in [3.63, 3.8) is 0 Å². The van der Waals surface area contributed by atoms with Crippen LogP contribution < -0.4 is 15.4 Å². The zero-order valence-electron chi connectivity index (χ0n) is 13.3. The number of benzene rings is 1. The number of carbonyl (C=O) groups excluding carboxylic acids is 1. The van der Waals surface area contributed by atoms with Crippen LogP contribution in [0.4, 0.5) is 11.4 Å². The minimum Gasteiger partial charge on any atom is -0.495 e. The van der Waals surface area contributed by atoms with Crippen molar-refractivity contribution in [3.05, 3.63) is 36.0 Å². The number of ether oxygens (including phenoxy) is 1. The van der Waals surface area contributed by atoms with E-state index < -0.39 is 0 Å². The molecule has 1 amide bonds. The molecule has 0 fully saturated rings. The van der Waals surface area contributed by atoms with Gasteiger partial charge in [-0.05, 0) is 18.2 Å². The maximum Gasteiger partial charge on any atom is 0.221 e. The number of carbonyl (C=O) groups is 1. The molecule has 22 heavy (non-hydrogen) atoms. The highest BCUT2D eigenvalue weighted by Crippen LogP contribution is 2.28. The minimum atomic E-state index is -0.120. The number of amides is 1. The molecule has 0 atom stereocenters. The number of rotatable bonds is 6. The third-order valence-electron chi connectivity index (χ3n) is 3.09. The predicted molar refractivity (Wildman–Crippen MR) is 85.2 cm³/mol. The highest BCUT2D eigenvalue weighted by atomic mass is 16.5. The monoisotopic (exact) mass is 303 g/mol. The SMILES string of the molecule is COc1ccc(NC(C)=O)cc1NCc1ncc(C(C)C)o1. The number of nitrogens with one attached hydrogen (secondary N) is 2. The number of anilines is 2. The van der Waals surface area contributed by atoms with Crippen molar-refractivity contribution in [1.82, 2.24) is 4.98 Å². The van der Waals surface area contributed by atoms with Crippen LogP contribution in [-0.2, 0) is 11.3 Å². The smallest absolute Gasteiger partial charge is 0.221 e. The van der Waals surface area contributed by atoms with Gasteiger partial charge < -0.3 is 19.8 Å². The second-order valence-electron chi connectivity index (χ2n) is 5.26. The molecule has 2 N–H and O–H groups in total. The molecule has 0 aliphatic heterocycles. The second-order valence-corrected chi connectivity index (χ2v) is 5.26. The fourth-order valence-corrected chi connectivity index (χ4v) is 1.97. The summed E-state index contributed by atoms with van der Waals surface area (Å²) in [7, 11) is 1.60. The van der Waals surface area contributed by atoms with Crippen molar-refractivity contribution in [2.75, 3.05) is 17.7 Å². The summed E-state index contributed by atoms with van der Waals surface area (Å²) in [6, 6.07) is 5.39. The van der Waals surface area contributed by atoms with Crippen molar-refractivity contribution in [3.8, 4) is 5.75 Å². The number of methoxy groups -OCH3 is 1. The van der Waals surface area contributed by atoms with Gasteiger partial charge in [-0.2, -0.15) is 0 Å². The van der Waals surface area contributed by atoms with Crippen molar-refractivity contribution >= 4 is 17.3 Å². The molecule has 2 aromatic rings. The van der Waals surface area contributed by atoms with Crippen LogP contribution in [0.25, 0.3) is 0 Å². The summed E-state index contributed by atoms with van der Waals surface area (Å²) in [6.07, 6.45) is 1.74. The van der Waals surface area contributed by atoms with Gasteiger partial charge in [-0.15, -0.1) is 0 Å². The van der Waals surface area contributed by atoms with Crippen molar-refractivity contribution < 1.29 is 13.9 Å². The molecule has 0 bridgehead atoms. The first-order chi connectivity index (χ1) is 10.5. The summed E-state index contributed by atoms with van der Waals surface area (Å²) in [4.78, 5) is 15.4. The van der Waals surface area contributed by atoms with E-state index in [1.54, 1.807) is 25.4 Å². The fraction of sp³-hybridized carbons (Fsp3) is 0.375. The van der Waals surface area contributed by atoms with Crippen LogP contribution in [-0.4, -0.2) is 18.0 Å². The Morgan fingerprint density at radius 2 is 2.18 bits per heavy atom. The van der Waals surface area contributed by atoms with E-state index >= 15 is 0 Å². The van der Waals surface area contributed by atoms with Gasteiger partial charge in [-0.1, -0.05) is 13.8 Å². The first kappa shape index (κ1) is 15.9. The highest BCUT2D eigenvalue weighted by Gasteiger charge is 2.09. The van der Waals surface area contributed by atoms with Crippen LogP contribution >= 0.6 is 0 Å². The molecule has 0 spiro atoms. The molecular weight excluding hydrogens is 282 g/mol. The Morgan fingerprint density at radius 1 is 1.41 bits per heavy atom. The third kappa shape index (κ3) is 4.00. The van der Waals surface area contributed by atoms with Crippen LogP contribution in [0.5, 0.6) is 5.75 Å². The zero-order valence-corrected chi connectivity index (χ0v) is 13.3. The first-order valence-electron chi connectivity index (χ1n) is 7.13. The quantitative estimate of drug-likeness (QED) is 0.855. The van der Waals surface area contributed by atoms with Gasteiger partial charge >= 0.3 is 0 Å². The average Bonchev–Trinajstić information content (AvgIpc) is 2.94. The zero-order chi connectivity index (χ0) is 16.1. The first-order valence-corrected chi connectivity index (χ1v) is 7.13. The molecule has 0 aliphatic rings. The largest absolute Gasteiger partial charge is 0.495 e. The molecule has 0 radical (unpaired) electrons. The normalized spacial score (nSPS) is 10.6. The molecule has 6 heteroatoms. The van der Waals surface area contributed by atoms with E-state index in [1.165, 1.54) is 6.92 Å². The number of oxazole rings is 1. The number of hydrogen-bond donors (Lipinski definition) is 2. The van der Waals surface area contributed by atoms with Gasteiger partial charge in [0.05, 0.1) is 25.5 Å². The molecule has 0 saturated heterocycles. The van der Waals surface area contributed by atoms with Gasteiger partial charge in [0.2, 0.25) is 11.8 Å². The summed E-state index contributed by atoms with van der Waals surface area (Å²) >= 11 is 0. The number of aromatic nitrogens is 1. The Morgan fingerprint density at radius 3 is 2.77 bits per heavy atom. The molecule has 1 aromatic heterocycles. The Labute approximate surface area is 129 Å². The van der Waals surface area contributed by atoms with Gasteiger partial charge in [-0.25, -0.2) is 4.98 Å². The van der Waals surface area contributed by atoms with Gasteiger partial charge in [0.25, 0.3) is 0 Å². The Hall–Kier alpha value is -2.50. The topological polar surface area (TPSA) is 76.4 Å². The maximum absolute atomic E-state index is 11.1. The lowest BCUT2D eigenvalue weighted by atomic mass is 10.2. The van der Waals surface area contributed by atoms with Crippen LogP contribution in [0.3, 0.4) is 0 Å². The van der Waals surface area contributed by atoms with Crippen molar-refractivity contribution in [2.45, 2.75) is 33.2 Å². The molecule has 1 heterocycles. The Balaban J connectivity index is 2.11. The van der Waals surface area contributed by atoms with E-state index in [4.69, 9.17) is 9.15 Å². The van der Waals surface area contributed by atoms with E-state index in [2.05, 4.69) is 29.5 Å². The van der Waals surface area contributed by atoms with Gasteiger partial charge in [0.1, 0.15) is 11.5 Å². The Bertz CT molecular complexity index is 650. The fourth-order valence-electron chi connectivity index (χ4n) is 1.97. The lowest BCUT2D eigenvalue weighted by molar-refractivity contribution is -0.114. The van der Waals surface area contributed by atoms with E-state index in [1.807, 2.05) is 6.07 Å². The van der Waals surface area contributed by atoms with Gasteiger partial charge in [0, 0.05) is 18.5 Å². The summed E-state index contributed by atoms with van der Waals surface area (Å²) in [5.41, 5.74) is 1.46. The van der Waals surface area contributed by atoms with Crippen molar-refractivity contribution in [1.29, 1.82) is 0 Å². The van der Waals surface area contributed by atoms with Crippen LogP contribution in [0, 0.1) is 0 Å². The van der Waals surface area contributed by atoms with E-state index in [-0.39, 0.29) is 5.91 Å². The van der Waals surface area contributed by atoms with Gasteiger partial charge in [-0.3, -0.25) is 4.79 Å². The molecule has 0 aliphatic carbocycles. The summed E-state index contributed by atoms with van der Waals surface area (Å²) in [5.74, 6) is 2.33. The average molecular weight is 303 g/mol. The van der Waals surface area contributed by atoms with Crippen LogP contribution in [0.15, 0.2) is 28.8 Å². The second kappa shape index (κ2) is 6.98. The third-order valence-corrected chi connectivity index (χ3v) is 3.09. The summed E-state index contributed by atoms with van der Waals surface area (Å²) < 4.78 is 11.0. The Kier molecular flexibility index (Phi) is 5.04. The molecule has 0 unspecified atom stereocenters. The number of hydrogen-bond acceptors (Lipinski definition) is 5. The summed E-state index contributed by atoms with van der Waals surface area (Å²) in [5, 5.41) is 5.95. The molecular formula is C16H21N3O3. The number of nitrogens with zero attached hydrogens (tertiary/aromatic N) is 1. The molecule has 6 nitrogen and oxygen atoms in total. The summed E-state index contributed by atoms with van der Waals surface area (Å²) in [6.45, 7) is 6.01. The lowest BCUT2D eigenvalue weighted by Crippen LogP contribution is -2.07. The molecule has 0 saturated carbocycles. The minimum absolute atomic E-state index is 0.120. The molecule has 1 aromatic carbocycles. The van der Waals surface area contributed by atoms with Crippen molar-refractivity contribution in [2.24, 2.45) is 0 Å². The highest BCUT2D eigenvalue weighted by molar-refractivity contribution is 5.89. The lowest BCUT2D eigenvalue weighted by Gasteiger charge is -2.12. The van der Waals surface area contributed by atoms with Crippen LogP contribution in [0.2, 0.25) is 0 Å². The van der Waals surface area contributed by atoms with E-state index in [0.29, 0.717) is 29.8 Å². The molecule has 2 rings (SSSR count). The predicted octanol–water partition coefficient (Wildman–Crippen LogP) is 3.38. The molecule has 118 valence electrons. The van der Waals surface area contributed by atoms with E-state index in [9.17, 15) is 4.79 Å². The maximum atomic E-state index is 11.1. The van der Waals surface area contributed by atoms with Gasteiger partial charge in [0.15, 0.2) is 0 Å². The van der Waals surface area contributed by atoms with E-state index in [0.717, 1.165) is 11.4 Å².